The molecule has 1 N–H and O–H groups in total. The van der Waals surface area contributed by atoms with Crippen molar-refractivity contribution in [3.63, 3.8) is 0 Å². The maximum Gasteiger partial charge on any atom is 0.277 e. The number of carbonyl (C=O) groups is 1. The van der Waals surface area contributed by atoms with Gasteiger partial charge in [0.25, 0.3) is 5.91 Å². The SMILES string of the molecule is COc1ccc(/C=N/NC(=O)COc2cccc(C)c2)cc1OC. The van der Waals surface area contributed by atoms with Crippen LogP contribution in [0.4, 0.5) is 0 Å². The standard InChI is InChI=1S/C18H20N2O4/c1-13-5-4-6-15(9-13)24-12-18(21)20-19-11-14-7-8-16(22-2)17(10-14)23-3/h4-11H,12H2,1-3H3,(H,20,21)/b19-11+. The van der Waals surface area contributed by atoms with Crippen LogP contribution in [-0.4, -0.2) is 32.9 Å². The predicted octanol–water partition coefficient (Wildman–Crippen LogP) is 2.54. The van der Waals surface area contributed by atoms with Gasteiger partial charge in [-0.25, -0.2) is 5.43 Å². The number of amides is 1. The van der Waals surface area contributed by atoms with Crippen LogP contribution >= 0.6 is 0 Å². The number of hydrogen-bond acceptors (Lipinski definition) is 5. The third kappa shape index (κ3) is 5.01. The first-order valence-corrected chi connectivity index (χ1v) is 7.36. The van der Waals surface area contributed by atoms with Crippen molar-refractivity contribution in [3.05, 3.63) is 53.6 Å². The number of hydrogen-bond donors (Lipinski definition) is 1. The van der Waals surface area contributed by atoms with Crippen LogP contribution in [0.25, 0.3) is 0 Å². The molecule has 2 rings (SSSR count). The molecule has 0 unspecified atom stereocenters. The highest BCUT2D eigenvalue weighted by molar-refractivity contribution is 5.83. The van der Waals surface area contributed by atoms with Crippen LogP contribution in [0.5, 0.6) is 17.2 Å². The summed E-state index contributed by atoms with van der Waals surface area (Å²) in [7, 11) is 3.13. The molecule has 0 fully saturated rings. The van der Waals surface area contributed by atoms with E-state index in [0.717, 1.165) is 11.1 Å². The molecule has 0 atom stereocenters. The lowest BCUT2D eigenvalue weighted by molar-refractivity contribution is -0.123. The Bertz CT molecular complexity index is 729. The van der Waals surface area contributed by atoms with Crippen LogP contribution in [0.1, 0.15) is 11.1 Å². The van der Waals surface area contributed by atoms with Gasteiger partial charge in [0, 0.05) is 0 Å². The summed E-state index contributed by atoms with van der Waals surface area (Å²) in [4.78, 5) is 11.7. The molecule has 1 amide bonds. The van der Waals surface area contributed by atoms with Gasteiger partial charge in [0.2, 0.25) is 0 Å². The first-order valence-electron chi connectivity index (χ1n) is 7.36. The zero-order valence-electron chi connectivity index (χ0n) is 13.9. The highest BCUT2D eigenvalue weighted by Gasteiger charge is 2.04. The summed E-state index contributed by atoms with van der Waals surface area (Å²) in [5.74, 6) is 1.53. The second-order valence-corrected chi connectivity index (χ2v) is 5.01. The van der Waals surface area contributed by atoms with Gasteiger partial charge in [0.1, 0.15) is 5.75 Å². The zero-order valence-corrected chi connectivity index (χ0v) is 13.9. The molecule has 0 saturated heterocycles. The van der Waals surface area contributed by atoms with Gasteiger partial charge >= 0.3 is 0 Å². The highest BCUT2D eigenvalue weighted by atomic mass is 16.5. The van der Waals surface area contributed by atoms with Gasteiger partial charge in [0.05, 0.1) is 20.4 Å². The van der Waals surface area contributed by atoms with Gasteiger partial charge in [-0.1, -0.05) is 12.1 Å². The Labute approximate surface area is 141 Å². The van der Waals surface area contributed by atoms with Crippen molar-refractivity contribution < 1.29 is 19.0 Å². The quantitative estimate of drug-likeness (QED) is 0.626. The second-order valence-electron chi connectivity index (χ2n) is 5.01. The fraction of sp³-hybridized carbons (Fsp3) is 0.222. The second kappa shape index (κ2) is 8.57. The molecule has 2 aromatic rings. The Balaban J connectivity index is 1.86. The van der Waals surface area contributed by atoms with Crippen molar-refractivity contribution in [2.45, 2.75) is 6.92 Å². The topological polar surface area (TPSA) is 69.2 Å². The minimum absolute atomic E-state index is 0.104. The van der Waals surface area contributed by atoms with E-state index >= 15 is 0 Å². The largest absolute Gasteiger partial charge is 0.493 e. The van der Waals surface area contributed by atoms with Crippen LogP contribution in [0, 0.1) is 6.92 Å². The van der Waals surface area contributed by atoms with E-state index in [0.29, 0.717) is 17.2 Å². The van der Waals surface area contributed by atoms with Crippen molar-refractivity contribution in [3.8, 4) is 17.2 Å². The normalized spacial score (nSPS) is 10.5. The van der Waals surface area contributed by atoms with Gasteiger partial charge in [-0.3, -0.25) is 4.79 Å². The van der Waals surface area contributed by atoms with Crippen molar-refractivity contribution in [1.29, 1.82) is 0 Å². The molecule has 0 heterocycles. The number of benzene rings is 2. The van der Waals surface area contributed by atoms with Crippen molar-refractivity contribution in [1.82, 2.24) is 5.43 Å². The van der Waals surface area contributed by atoms with E-state index in [1.54, 1.807) is 38.5 Å². The van der Waals surface area contributed by atoms with E-state index in [1.165, 1.54) is 6.21 Å². The summed E-state index contributed by atoms with van der Waals surface area (Å²) in [6.07, 6.45) is 1.52. The van der Waals surface area contributed by atoms with Crippen LogP contribution in [0.2, 0.25) is 0 Å². The van der Waals surface area contributed by atoms with E-state index in [1.807, 2.05) is 25.1 Å². The predicted molar refractivity (Wildman–Crippen MR) is 92.0 cm³/mol. The first-order chi connectivity index (χ1) is 11.6. The number of carbonyl (C=O) groups excluding carboxylic acids is 1. The average Bonchev–Trinajstić information content (AvgIpc) is 2.60. The number of aryl methyl sites for hydroxylation is 1. The molecule has 24 heavy (non-hydrogen) atoms. The van der Waals surface area contributed by atoms with Crippen LogP contribution in [0.3, 0.4) is 0 Å². The van der Waals surface area contributed by atoms with E-state index in [4.69, 9.17) is 14.2 Å². The number of nitrogens with one attached hydrogen (secondary N) is 1. The number of ether oxygens (including phenoxy) is 3. The molecule has 0 bridgehead atoms. The van der Waals surface area contributed by atoms with Gasteiger partial charge in [-0.15, -0.1) is 0 Å². The minimum Gasteiger partial charge on any atom is -0.493 e. The molecule has 126 valence electrons. The molecule has 0 aliphatic rings. The van der Waals surface area contributed by atoms with Gasteiger partial charge in [-0.2, -0.15) is 5.10 Å². The zero-order chi connectivity index (χ0) is 17.4. The van der Waals surface area contributed by atoms with Gasteiger partial charge in [-0.05, 0) is 48.4 Å². The summed E-state index contributed by atoms with van der Waals surface area (Å²) in [6, 6.07) is 12.8. The maximum absolute atomic E-state index is 11.7. The van der Waals surface area contributed by atoms with Crippen LogP contribution in [0.15, 0.2) is 47.6 Å². The highest BCUT2D eigenvalue weighted by Crippen LogP contribution is 2.26. The minimum atomic E-state index is -0.340. The fourth-order valence-corrected chi connectivity index (χ4v) is 2.00. The van der Waals surface area contributed by atoms with Crippen LogP contribution < -0.4 is 19.6 Å². The van der Waals surface area contributed by atoms with E-state index < -0.39 is 0 Å². The fourth-order valence-electron chi connectivity index (χ4n) is 2.00. The first kappa shape index (κ1) is 17.3. The molecule has 0 radical (unpaired) electrons. The Morgan fingerprint density at radius 1 is 1.12 bits per heavy atom. The smallest absolute Gasteiger partial charge is 0.277 e. The third-order valence-electron chi connectivity index (χ3n) is 3.17. The van der Waals surface area contributed by atoms with Crippen molar-refractivity contribution >= 4 is 12.1 Å². The van der Waals surface area contributed by atoms with Crippen molar-refractivity contribution in [2.24, 2.45) is 5.10 Å². The lowest BCUT2D eigenvalue weighted by Gasteiger charge is -2.07. The molecule has 0 saturated carbocycles. The van der Waals surface area contributed by atoms with E-state index in [2.05, 4.69) is 10.5 Å². The third-order valence-corrected chi connectivity index (χ3v) is 3.17. The molecule has 6 nitrogen and oxygen atoms in total. The molecule has 2 aromatic carbocycles. The molecular weight excluding hydrogens is 308 g/mol. The van der Waals surface area contributed by atoms with Gasteiger partial charge < -0.3 is 14.2 Å². The number of methoxy groups -OCH3 is 2. The monoisotopic (exact) mass is 328 g/mol. The van der Waals surface area contributed by atoms with Crippen LogP contribution in [-0.2, 0) is 4.79 Å². The number of rotatable bonds is 7. The summed E-state index contributed by atoms with van der Waals surface area (Å²) in [6.45, 7) is 1.85. The molecule has 0 aliphatic heterocycles. The summed E-state index contributed by atoms with van der Waals surface area (Å²) in [5, 5.41) is 3.90. The Morgan fingerprint density at radius 3 is 2.62 bits per heavy atom. The Hall–Kier alpha value is -3.02. The summed E-state index contributed by atoms with van der Waals surface area (Å²) in [5.41, 5.74) is 4.26. The molecule has 0 spiro atoms. The number of hydrazone groups is 1. The van der Waals surface area contributed by atoms with Gasteiger partial charge in [0.15, 0.2) is 18.1 Å². The number of nitrogens with zero attached hydrogens (tertiary/aromatic N) is 1. The van der Waals surface area contributed by atoms with E-state index in [9.17, 15) is 4.79 Å². The lowest BCUT2D eigenvalue weighted by Crippen LogP contribution is -2.24. The molecule has 0 aromatic heterocycles. The van der Waals surface area contributed by atoms with Crippen molar-refractivity contribution in [2.75, 3.05) is 20.8 Å². The summed E-state index contributed by atoms with van der Waals surface area (Å²) >= 11 is 0. The molecule has 6 heteroatoms. The molecule has 0 aliphatic carbocycles. The summed E-state index contributed by atoms with van der Waals surface area (Å²) < 4.78 is 15.8. The Kier molecular flexibility index (Phi) is 6.19. The van der Waals surface area contributed by atoms with E-state index in [-0.39, 0.29) is 12.5 Å². The molecular formula is C18H20N2O4. The lowest BCUT2D eigenvalue weighted by atomic mass is 10.2. The average molecular weight is 328 g/mol. The maximum atomic E-state index is 11.7. The Morgan fingerprint density at radius 2 is 1.92 bits per heavy atom.